The van der Waals surface area contributed by atoms with Gasteiger partial charge >= 0.3 is 10.1 Å². The summed E-state index contributed by atoms with van der Waals surface area (Å²) in [7, 11) is -4.01. The zero-order chi connectivity index (χ0) is 22.3. The minimum absolute atomic E-state index is 0.0693. The van der Waals surface area contributed by atoms with Crippen LogP contribution in [0.25, 0.3) is 0 Å². The number of carbonyl (C=O) groups is 1. The van der Waals surface area contributed by atoms with Crippen molar-refractivity contribution in [3.8, 4) is 5.75 Å². The molecule has 6 nitrogen and oxygen atoms in total. The standard InChI is InChI=1S/C24H24N2O4S/c1-18(2)20-12-14-22(15-13-20)31(28,29)30-23-11-7-6-10-21(23)17-25-26-24(27)16-19-8-4-3-5-9-19/h3-15,17-18H,16H2,1-2H3,(H,26,27)/b25-17+. The normalized spacial score (nSPS) is 11.6. The molecular formula is C24H24N2O4S. The molecular weight excluding hydrogens is 412 g/mol. The van der Waals surface area contributed by atoms with Crippen molar-refractivity contribution in [1.82, 2.24) is 5.43 Å². The SMILES string of the molecule is CC(C)c1ccc(S(=O)(=O)Oc2ccccc2/C=N/NC(=O)Cc2ccccc2)cc1. The van der Waals surface area contributed by atoms with Gasteiger partial charge in [-0.1, -0.05) is 68.4 Å². The minimum Gasteiger partial charge on any atom is -0.378 e. The summed E-state index contributed by atoms with van der Waals surface area (Å²) in [5.74, 6) is 0.141. The molecule has 0 spiro atoms. The van der Waals surface area contributed by atoms with Crippen molar-refractivity contribution in [2.75, 3.05) is 0 Å². The largest absolute Gasteiger partial charge is 0.378 e. The molecule has 1 N–H and O–H groups in total. The number of nitrogens with zero attached hydrogens (tertiary/aromatic N) is 1. The van der Waals surface area contributed by atoms with Crippen LogP contribution in [0.1, 0.15) is 36.5 Å². The van der Waals surface area contributed by atoms with Gasteiger partial charge in [-0.05, 0) is 41.3 Å². The number of carbonyl (C=O) groups excluding carboxylic acids is 1. The first-order chi connectivity index (χ1) is 14.8. The lowest BCUT2D eigenvalue weighted by atomic mass is 10.0. The summed E-state index contributed by atoms with van der Waals surface area (Å²) in [5.41, 5.74) is 4.77. The average Bonchev–Trinajstić information content (AvgIpc) is 2.75. The third kappa shape index (κ3) is 6.26. The molecule has 3 aromatic rings. The third-order valence-corrected chi connectivity index (χ3v) is 5.80. The van der Waals surface area contributed by atoms with Crippen LogP contribution in [-0.2, 0) is 21.3 Å². The molecule has 1 amide bonds. The number of nitrogens with one attached hydrogen (secondary N) is 1. The van der Waals surface area contributed by atoms with Crippen molar-refractivity contribution in [3.63, 3.8) is 0 Å². The number of benzene rings is 3. The molecule has 0 aliphatic carbocycles. The number of hydrogen-bond donors (Lipinski definition) is 1. The van der Waals surface area contributed by atoms with Gasteiger partial charge in [0, 0.05) is 5.56 Å². The first-order valence-electron chi connectivity index (χ1n) is 9.84. The average molecular weight is 437 g/mol. The molecule has 0 atom stereocenters. The summed E-state index contributed by atoms with van der Waals surface area (Å²) in [4.78, 5) is 12.1. The van der Waals surface area contributed by atoms with Crippen molar-refractivity contribution in [2.45, 2.75) is 31.1 Å². The second-order valence-corrected chi connectivity index (χ2v) is 8.80. The topological polar surface area (TPSA) is 84.8 Å². The molecule has 31 heavy (non-hydrogen) atoms. The van der Waals surface area contributed by atoms with Crippen LogP contribution in [0.5, 0.6) is 5.75 Å². The van der Waals surface area contributed by atoms with Crippen LogP contribution in [0.4, 0.5) is 0 Å². The first-order valence-corrected chi connectivity index (χ1v) is 11.3. The number of para-hydroxylation sites is 1. The molecule has 0 saturated heterocycles. The fourth-order valence-corrected chi connectivity index (χ4v) is 3.80. The van der Waals surface area contributed by atoms with Crippen LogP contribution in [0, 0.1) is 0 Å². The second kappa shape index (κ2) is 10.0. The highest BCUT2D eigenvalue weighted by atomic mass is 32.2. The maximum atomic E-state index is 12.7. The van der Waals surface area contributed by atoms with Gasteiger partial charge in [0.1, 0.15) is 4.90 Å². The maximum Gasteiger partial charge on any atom is 0.339 e. The van der Waals surface area contributed by atoms with Crippen LogP contribution in [0.2, 0.25) is 0 Å². The van der Waals surface area contributed by atoms with E-state index in [9.17, 15) is 13.2 Å². The van der Waals surface area contributed by atoms with Gasteiger partial charge < -0.3 is 4.18 Å². The van der Waals surface area contributed by atoms with Crippen LogP contribution >= 0.6 is 0 Å². The van der Waals surface area contributed by atoms with Gasteiger partial charge in [-0.3, -0.25) is 4.79 Å². The smallest absolute Gasteiger partial charge is 0.339 e. The Balaban J connectivity index is 1.69. The van der Waals surface area contributed by atoms with E-state index >= 15 is 0 Å². The molecule has 0 fully saturated rings. The monoisotopic (exact) mass is 436 g/mol. The molecule has 0 radical (unpaired) electrons. The summed E-state index contributed by atoms with van der Waals surface area (Å²) >= 11 is 0. The van der Waals surface area contributed by atoms with E-state index in [1.807, 2.05) is 44.2 Å². The van der Waals surface area contributed by atoms with Gasteiger partial charge in [0.2, 0.25) is 5.91 Å². The Hall–Kier alpha value is -3.45. The molecule has 160 valence electrons. The highest BCUT2D eigenvalue weighted by Gasteiger charge is 2.18. The Morgan fingerprint density at radius 1 is 0.968 bits per heavy atom. The molecule has 0 unspecified atom stereocenters. The lowest BCUT2D eigenvalue weighted by molar-refractivity contribution is -0.120. The fraction of sp³-hybridized carbons (Fsp3) is 0.167. The quantitative estimate of drug-likeness (QED) is 0.325. The van der Waals surface area contributed by atoms with Crippen molar-refractivity contribution in [3.05, 3.63) is 95.6 Å². The van der Waals surface area contributed by atoms with Crippen LogP contribution in [-0.4, -0.2) is 20.5 Å². The number of rotatable bonds is 8. The van der Waals surface area contributed by atoms with Crippen LogP contribution in [0.3, 0.4) is 0 Å². The Morgan fingerprint density at radius 2 is 1.61 bits per heavy atom. The number of hydrazone groups is 1. The first kappa shape index (κ1) is 22.2. The van der Waals surface area contributed by atoms with Gasteiger partial charge in [0.25, 0.3) is 0 Å². The molecule has 0 saturated carbocycles. The van der Waals surface area contributed by atoms with Gasteiger partial charge in [-0.25, -0.2) is 5.43 Å². The molecule has 3 rings (SSSR count). The molecule has 0 aromatic heterocycles. The lowest BCUT2D eigenvalue weighted by Gasteiger charge is -2.10. The van der Waals surface area contributed by atoms with E-state index in [0.29, 0.717) is 11.5 Å². The molecule has 3 aromatic carbocycles. The summed E-state index contributed by atoms with van der Waals surface area (Å²) in [5, 5.41) is 3.93. The number of hydrogen-bond acceptors (Lipinski definition) is 5. The van der Waals surface area contributed by atoms with Gasteiger partial charge in [-0.2, -0.15) is 13.5 Å². The second-order valence-electron chi connectivity index (χ2n) is 7.25. The highest BCUT2D eigenvalue weighted by Crippen LogP contribution is 2.23. The number of amides is 1. The Labute approximate surface area is 182 Å². The van der Waals surface area contributed by atoms with Crippen molar-refractivity contribution in [2.24, 2.45) is 5.10 Å². The molecule has 0 aliphatic rings. The van der Waals surface area contributed by atoms with Crippen molar-refractivity contribution in [1.29, 1.82) is 0 Å². The van der Waals surface area contributed by atoms with E-state index in [2.05, 4.69) is 10.5 Å². The van der Waals surface area contributed by atoms with Gasteiger partial charge in [-0.15, -0.1) is 0 Å². The van der Waals surface area contributed by atoms with Gasteiger partial charge in [0.05, 0.1) is 12.6 Å². The van der Waals surface area contributed by atoms with Gasteiger partial charge in [0.15, 0.2) is 5.75 Å². The van der Waals surface area contributed by atoms with E-state index in [1.165, 1.54) is 24.4 Å². The van der Waals surface area contributed by atoms with Crippen LogP contribution in [0.15, 0.2) is 88.9 Å². The predicted octanol–water partition coefficient (Wildman–Crippen LogP) is 4.27. The molecule has 0 heterocycles. The summed E-state index contributed by atoms with van der Waals surface area (Å²) < 4.78 is 30.7. The van der Waals surface area contributed by atoms with E-state index < -0.39 is 10.1 Å². The van der Waals surface area contributed by atoms with E-state index in [1.54, 1.807) is 30.3 Å². The molecule has 0 aliphatic heterocycles. The summed E-state index contributed by atoms with van der Waals surface area (Å²) in [6.45, 7) is 4.07. The molecule has 0 bridgehead atoms. The molecule has 7 heteroatoms. The lowest BCUT2D eigenvalue weighted by Crippen LogP contribution is -2.19. The highest BCUT2D eigenvalue weighted by molar-refractivity contribution is 7.87. The van der Waals surface area contributed by atoms with Crippen molar-refractivity contribution < 1.29 is 17.4 Å². The Bertz CT molecular complexity index is 1160. The van der Waals surface area contributed by atoms with Crippen LogP contribution < -0.4 is 9.61 Å². The minimum atomic E-state index is -4.01. The zero-order valence-electron chi connectivity index (χ0n) is 17.4. The fourth-order valence-electron chi connectivity index (χ4n) is 2.84. The van der Waals surface area contributed by atoms with E-state index in [-0.39, 0.29) is 23.0 Å². The Kier molecular flexibility index (Phi) is 7.20. The van der Waals surface area contributed by atoms with E-state index in [4.69, 9.17) is 4.18 Å². The Morgan fingerprint density at radius 3 is 2.29 bits per heavy atom. The summed E-state index contributed by atoms with van der Waals surface area (Å²) in [6.07, 6.45) is 1.55. The zero-order valence-corrected chi connectivity index (χ0v) is 18.2. The third-order valence-electron chi connectivity index (χ3n) is 4.55. The van der Waals surface area contributed by atoms with E-state index in [0.717, 1.165) is 11.1 Å². The predicted molar refractivity (Wildman–Crippen MR) is 121 cm³/mol. The maximum absolute atomic E-state index is 12.7. The van der Waals surface area contributed by atoms with Crippen molar-refractivity contribution >= 4 is 22.2 Å². The summed E-state index contributed by atoms with van der Waals surface area (Å²) in [6, 6.07) is 22.5.